The number of benzene rings is 1. The lowest BCUT2D eigenvalue weighted by Gasteiger charge is -2.22. The molecule has 146 valence electrons. The van der Waals surface area contributed by atoms with Crippen LogP contribution in [0.25, 0.3) is 0 Å². The minimum Gasteiger partial charge on any atom is -0.461 e. The highest BCUT2D eigenvalue weighted by Gasteiger charge is 2.13. The van der Waals surface area contributed by atoms with Crippen molar-refractivity contribution in [3.8, 4) is 0 Å². The summed E-state index contributed by atoms with van der Waals surface area (Å²) in [5, 5.41) is 2.91. The first-order valence-corrected chi connectivity index (χ1v) is 9.91. The van der Waals surface area contributed by atoms with Crippen molar-refractivity contribution in [3.05, 3.63) is 59.4 Å². The number of allylic oxidation sites excluding steroid dienone is 2. The molecule has 1 aromatic rings. The van der Waals surface area contributed by atoms with Crippen LogP contribution in [0.1, 0.15) is 43.2 Å². The normalized spacial score (nSPS) is 19.3. The predicted octanol–water partition coefficient (Wildman–Crippen LogP) is 3.64. The van der Waals surface area contributed by atoms with Crippen LogP contribution in [0, 0.1) is 0 Å². The zero-order valence-electron chi connectivity index (χ0n) is 15.8. The van der Waals surface area contributed by atoms with Crippen molar-refractivity contribution in [1.29, 1.82) is 0 Å². The molecule has 0 amide bonds. The highest BCUT2D eigenvalue weighted by Crippen LogP contribution is 2.14. The van der Waals surface area contributed by atoms with E-state index in [0.717, 1.165) is 45.1 Å². The second-order valence-corrected chi connectivity index (χ2v) is 6.87. The lowest BCUT2D eigenvalue weighted by molar-refractivity contribution is -0.161. The molecule has 1 fully saturated rings. The van der Waals surface area contributed by atoms with Gasteiger partial charge in [0.2, 0.25) is 0 Å². The summed E-state index contributed by atoms with van der Waals surface area (Å²) in [5.74, 6) is -0.281. The topological polar surface area (TPSA) is 56.8 Å². The largest absolute Gasteiger partial charge is 0.461 e. The van der Waals surface area contributed by atoms with Crippen molar-refractivity contribution in [2.24, 2.45) is 0 Å². The summed E-state index contributed by atoms with van der Waals surface area (Å²) in [6.45, 7) is 1.94. The summed E-state index contributed by atoms with van der Waals surface area (Å²) in [6, 6.07) is 8.58. The standard InChI is InChI=1S/C22H29NO4/c24-22(20-7-1-3-14-23-20)27-16-5-6-18-9-11-19(12-10-18)13-17-26-21-8-2-4-15-25-21/h3,7,9-12,14,21,23H,1-2,4-6,8,13,15-17H2. The maximum atomic E-state index is 11.9. The molecule has 1 unspecified atom stereocenters. The van der Waals surface area contributed by atoms with Crippen LogP contribution < -0.4 is 5.32 Å². The van der Waals surface area contributed by atoms with Crippen LogP contribution in [-0.4, -0.2) is 32.1 Å². The minimum atomic E-state index is -0.281. The molecule has 0 aliphatic carbocycles. The number of aryl methyl sites for hydroxylation is 1. The number of esters is 1. The molecule has 0 saturated carbocycles. The average molecular weight is 371 g/mol. The average Bonchev–Trinajstić information content (AvgIpc) is 2.73. The van der Waals surface area contributed by atoms with Gasteiger partial charge in [0.25, 0.3) is 0 Å². The van der Waals surface area contributed by atoms with Crippen LogP contribution in [0.3, 0.4) is 0 Å². The van der Waals surface area contributed by atoms with Gasteiger partial charge in [0.05, 0.1) is 13.2 Å². The Morgan fingerprint density at radius 1 is 1.11 bits per heavy atom. The molecule has 3 rings (SSSR count). The zero-order valence-corrected chi connectivity index (χ0v) is 15.8. The maximum Gasteiger partial charge on any atom is 0.354 e. The molecule has 1 saturated heterocycles. The Kier molecular flexibility index (Phi) is 7.93. The summed E-state index contributed by atoms with van der Waals surface area (Å²) in [7, 11) is 0. The van der Waals surface area contributed by atoms with Gasteiger partial charge in [0.15, 0.2) is 6.29 Å². The van der Waals surface area contributed by atoms with Crippen molar-refractivity contribution >= 4 is 5.97 Å². The van der Waals surface area contributed by atoms with E-state index in [1.807, 2.05) is 12.2 Å². The van der Waals surface area contributed by atoms with E-state index in [0.29, 0.717) is 18.9 Å². The molecular weight excluding hydrogens is 342 g/mol. The molecule has 5 nitrogen and oxygen atoms in total. The first-order valence-electron chi connectivity index (χ1n) is 9.91. The number of ether oxygens (including phenoxy) is 3. The number of dihydropyridines is 1. The zero-order chi connectivity index (χ0) is 18.7. The Balaban J connectivity index is 1.29. The van der Waals surface area contributed by atoms with Crippen molar-refractivity contribution in [2.75, 3.05) is 19.8 Å². The molecular formula is C22H29NO4. The Labute approximate surface area is 161 Å². The van der Waals surface area contributed by atoms with Gasteiger partial charge in [-0.3, -0.25) is 0 Å². The van der Waals surface area contributed by atoms with Crippen LogP contribution in [0.2, 0.25) is 0 Å². The van der Waals surface area contributed by atoms with Crippen LogP contribution in [0.4, 0.5) is 0 Å². The molecule has 0 bridgehead atoms. The van der Waals surface area contributed by atoms with E-state index in [-0.39, 0.29) is 12.3 Å². The maximum absolute atomic E-state index is 11.9. The molecule has 2 heterocycles. The number of nitrogens with one attached hydrogen (secondary N) is 1. The van der Waals surface area contributed by atoms with Crippen molar-refractivity contribution < 1.29 is 19.0 Å². The van der Waals surface area contributed by atoms with E-state index in [1.54, 1.807) is 6.20 Å². The predicted molar refractivity (Wildman–Crippen MR) is 104 cm³/mol. The summed E-state index contributed by atoms with van der Waals surface area (Å²) < 4.78 is 16.7. The van der Waals surface area contributed by atoms with Crippen molar-refractivity contribution in [1.82, 2.24) is 5.32 Å². The highest BCUT2D eigenvalue weighted by molar-refractivity contribution is 5.88. The van der Waals surface area contributed by atoms with Crippen molar-refractivity contribution in [3.63, 3.8) is 0 Å². The fourth-order valence-electron chi connectivity index (χ4n) is 3.15. The van der Waals surface area contributed by atoms with E-state index < -0.39 is 0 Å². The summed E-state index contributed by atoms with van der Waals surface area (Å²) in [4.78, 5) is 11.9. The Bertz CT molecular complexity index is 645. The second kappa shape index (κ2) is 10.9. The van der Waals surface area contributed by atoms with E-state index in [9.17, 15) is 4.79 Å². The third kappa shape index (κ3) is 6.85. The Morgan fingerprint density at radius 2 is 1.93 bits per heavy atom. The third-order valence-electron chi connectivity index (χ3n) is 4.73. The Morgan fingerprint density at radius 3 is 2.63 bits per heavy atom. The smallest absolute Gasteiger partial charge is 0.354 e. The van der Waals surface area contributed by atoms with Gasteiger partial charge in [-0.1, -0.05) is 30.3 Å². The van der Waals surface area contributed by atoms with Gasteiger partial charge in [-0.25, -0.2) is 4.79 Å². The van der Waals surface area contributed by atoms with Crippen LogP contribution in [-0.2, 0) is 31.8 Å². The van der Waals surface area contributed by atoms with Gasteiger partial charge in [0.1, 0.15) is 5.70 Å². The first kappa shape index (κ1) is 19.6. The van der Waals surface area contributed by atoms with Gasteiger partial charge in [-0.2, -0.15) is 0 Å². The van der Waals surface area contributed by atoms with E-state index in [1.165, 1.54) is 17.5 Å². The van der Waals surface area contributed by atoms with E-state index in [2.05, 4.69) is 29.6 Å². The third-order valence-corrected chi connectivity index (χ3v) is 4.73. The SMILES string of the molecule is O=C(OCCCc1ccc(CCOC2CCCCO2)cc1)C1=CCC=CN1. The lowest BCUT2D eigenvalue weighted by Crippen LogP contribution is -2.23. The van der Waals surface area contributed by atoms with Crippen LogP contribution in [0.5, 0.6) is 0 Å². The molecule has 2 aliphatic rings. The number of hydrogen-bond acceptors (Lipinski definition) is 5. The summed E-state index contributed by atoms with van der Waals surface area (Å²) in [6.07, 6.45) is 12.3. The molecule has 0 spiro atoms. The minimum absolute atomic E-state index is 0.0173. The summed E-state index contributed by atoms with van der Waals surface area (Å²) >= 11 is 0. The second-order valence-electron chi connectivity index (χ2n) is 6.87. The highest BCUT2D eigenvalue weighted by atomic mass is 16.7. The van der Waals surface area contributed by atoms with Crippen molar-refractivity contribution in [2.45, 2.75) is 51.2 Å². The molecule has 27 heavy (non-hydrogen) atoms. The summed E-state index contributed by atoms with van der Waals surface area (Å²) in [5.41, 5.74) is 3.05. The first-order chi connectivity index (χ1) is 13.3. The fraction of sp³-hybridized carbons (Fsp3) is 0.500. The van der Waals surface area contributed by atoms with Crippen LogP contribution >= 0.6 is 0 Å². The fourth-order valence-corrected chi connectivity index (χ4v) is 3.15. The molecule has 5 heteroatoms. The lowest BCUT2D eigenvalue weighted by atomic mass is 10.1. The van der Waals surface area contributed by atoms with Gasteiger partial charge < -0.3 is 19.5 Å². The Hall–Kier alpha value is -2.11. The molecule has 2 aliphatic heterocycles. The molecule has 1 N–H and O–H groups in total. The number of hydrogen-bond donors (Lipinski definition) is 1. The number of carbonyl (C=O) groups is 1. The van der Waals surface area contributed by atoms with Crippen LogP contribution in [0.15, 0.2) is 48.3 Å². The monoisotopic (exact) mass is 371 g/mol. The molecule has 1 aromatic carbocycles. The van der Waals surface area contributed by atoms with Gasteiger partial charge in [-0.05, 0) is 68.3 Å². The number of carbonyl (C=O) groups excluding carboxylic acids is 1. The van der Waals surface area contributed by atoms with E-state index in [4.69, 9.17) is 14.2 Å². The molecule has 1 atom stereocenters. The number of rotatable bonds is 9. The van der Waals surface area contributed by atoms with Gasteiger partial charge in [0, 0.05) is 6.61 Å². The van der Waals surface area contributed by atoms with Gasteiger partial charge in [-0.15, -0.1) is 0 Å². The van der Waals surface area contributed by atoms with Gasteiger partial charge >= 0.3 is 5.97 Å². The molecule has 0 aromatic heterocycles. The molecule has 0 radical (unpaired) electrons. The van der Waals surface area contributed by atoms with E-state index >= 15 is 0 Å². The quantitative estimate of drug-likeness (QED) is 0.531.